The Morgan fingerprint density at radius 2 is 1.80 bits per heavy atom. The van der Waals surface area contributed by atoms with Crippen LogP contribution < -0.4 is 11.2 Å². The summed E-state index contributed by atoms with van der Waals surface area (Å²) >= 11 is 0. The number of aryl methyl sites for hydroxylation is 1. The first-order valence-electron chi connectivity index (χ1n) is 22.6. The van der Waals surface area contributed by atoms with Gasteiger partial charge in [0.25, 0.3) is 5.56 Å². The molecule has 60 heavy (non-hydrogen) atoms. The van der Waals surface area contributed by atoms with Crippen molar-refractivity contribution < 1.29 is 34.0 Å². The van der Waals surface area contributed by atoms with E-state index in [4.69, 9.17) is 19.3 Å². The van der Waals surface area contributed by atoms with Crippen molar-refractivity contribution in [2.45, 2.75) is 156 Å². The van der Waals surface area contributed by atoms with Gasteiger partial charge in [-0.15, -0.1) is 5.10 Å². The van der Waals surface area contributed by atoms with Crippen molar-refractivity contribution in [3.8, 4) is 0 Å². The molecule has 0 radical (unpaired) electrons. The molecule has 8 rings (SSSR count). The molecule has 14 atom stereocenters. The lowest BCUT2D eigenvalue weighted by Gasteiger charge is -2.72. The van der Waals surface area contributed by atoms with Crippen LogP contribution in [0.3, 0.4) is 0 Å². The third kappa shape index (κ3) is 6.85. The molecule has 14 heteroatoms. The number of carbonyl (C=O) groups is 2. The van der Waals surface area contributed by atoms with Crippen LogP contribution in [0.5, 0.6) is 0 Å². The highest BCUT2D eigenvalue weighted by Crippen LogP contribution is 2.77. The number of aliphatic carboxylic acids is 1. The number of aliphatic hydroxyl groups excluding tert-OH is 1. The van der Waals surface area contributed by atoms with Crippen molar-refractivity contribution in [2.24, 2.45) is 57.2 Å². The van der Waals surface area contributed by atoms with Crippen LogP contribution in [0, 0.1) is 64.1 Å². The molecule has 0 aromatic carbocycles. The van der Waals surface area contributed by atoms with Crippen LogP contribution in [-0.4, -0.2) is 72.1 Å². The van der Waals surface area contributed by atoms with Crippen molar-refractivity contribution in [1.82, 2.24) is 24.5 Å². The van der Waals surface area contributed by atoms with Crippen molar-refractivity contribution in [1.29, 1.82) is 0 Å². The summed E-state index contributed by atoms with van der Waals surface area (Å²) in [6.45, 7) is 18.6. The predicted molar refractivity (Wildman–Crippen MR) is 221 cm³/mol. The van der Waals surface area contributed by atoms with E-state index in [1.165, 1.54) is 23.6 Å². The number of carbonyl (C=O) groups excluding carboxylic acids is 1. The Bertz CT molecular complexity index is 2100. The smallest absolute Gasteiger partial charge is 0.330 e. The number of nitrogens with one attached hydrogen (secondary N) is 1. The minimum absolute atomic E-state index is 0.0195. The van der Waals surface area contributed by atoms with Crippen molar-refractivity contribution in [3.63, 3.8) is 0 Å². The standard InChI is InChI=1S/C46H67N5O9/c1-26(2)30-12-17-46(41(56)59-25-29-23-51(49-48-29)33-21-37(60-35(33)24-52)50-22-27(3)40(55)47-42(50)57)19-18-44(6)32(39(30)46)10-11-36-43(5)15-14-34(58-20-8-9-38(53)54)28(4)31(43)13-16-45(36,44)7/h22-23,28,30-37,39,52H,1,8-21,24-25H2,2-7H3,(H,53,54)(H,47,55,57)/t28-,30+,31+,32-,33+,34+,35-,36-,37-,39-,43+,44-,45-,46+/m1/s1. The summed E-state index contributed by atoms with van der Waals surface area (Å²) in [5, 5.41) is 28.0. The molecule has 0 amide bonds. The molecule has 0 bridgehead atoms. The lowest BCUT2D eigenvalue weighted by atomic mass is 9.33. The van der Waals surface area contributed by atoms with Gasteiger partial charge in [0, 0.05) is 31.2 Å². The molecule has 1 saturated heterocycles. The van der Waals surface area contributed by atoms with Crippen LogP contribution in [0.25, 0.3) is 0 Å². The number of aliphatic hydroxyl groups is 1. The Morgan fingerprint density at radius 1 is 1.02 bits per heavy atom. The molecule has 0 spiro atoms. The third-order valence-corrected chi connectivity index (χ3v) is 18.0. The van der Waals surface area contributed by atoms with E-state index < -0.39 is 41.0 Å². The second-order valence-corrected chi connectivity index (χ2v) is 20.6. The highest BCUT2D eigenvalue weighted by atomic mass is 16.5. The van der Waals surface area contributed by atoms with Gasteiger partial charge >= 0.3 is 17.6 Å². The lowest BCUT2D eigenvalue weighted by molar-refractivity contribution is -0.239. The van der Waals surface area contributed by atoms with Crippen molar-refractivity contribution >= 4 is 11.9 Å². The Labute approximate surface area is 352 Å². The molecular formula is C46H67N5O9. The molecule has 2 aromatic heterocycles. The lowest BCUT2D eigenvalue weighted by Crippen LogP contribution is -2.66. The second-order valence-electron chi connectivity index (χ2n) is 20.6. The van der Waals surface area contributed by atoms with Gasteiger partial charge in [0.15, 0.2) is 0 Å². The Kier molecular flexibility index (Phi) is 11.4. The highest BCUT2D eigenvalue weighted by Gasteiger charge is 2.71. The van der Waals surface area contributed by atoms with Gasteiger partial charge in [0.2, 0.25) is 0 Å². The number of carboxylic acid groups (broad SMARTS) is 1. The van der Waals surface area contributed by atoms with Crippen LogP contribution in [0.2, 0.25) is 0 Å². The molecule has 14 nitrogen and oxygen atoms in total. The van der Waals surface area contributed by atoms with Crippen LogP contribution in [0.4, 0.5) is 0 Å². The van der Waals surface area contributed by atoms with Crippen LogP contribution >= 0.6 is 0 Å². The van der Waals surface area contributed by atoms with E-state index in [1.807, 2.05) is 0 Å². The number of allylic oxidation sites excluding steroid dienone is 1. The molecule has 0 unspecified atom stereocenters. The molecule has 2 aromatic rings. The number of aromatic nitrogens is 5. The maximum absolute atomic E-state index is 14.7. The first-order chi connectivity index (χ1) is 28.5. The van der Waals surface area contributed by atoms with Crippen molar-refractivity contribution in [3.05, 3.63) is 56.6 Å². The third-order valence-electron chi connectivity index (χ3n) is 18.0. The minimum Gasteiger partial charge on any atom is -0.481 e. The predicted octanol–water partition coefficient (Wildman–Crippen LogP) is 6.52. The highest BCUT2D eigenvalue weighted by molar-refractivity contribution is 5.78. The van der Waals surface area contributed by atoms with Gasteiger partial charge in [-0.2, -0.15) is 0 Å². The molecule has 5 aliphatic carbocycles. The Hall–Kier alpha value is -3.62. The van der Waals surface area contributed by atoms with Gasteiger partial charge in [-0.05, 0) is 136 Å². The summed E-state index contributed by atoms with van der Waals surface area (Å²) in [4.78, 5) is 52.7. The zero-order chi connectivity index (χ0) is 42.9. The Morgan fingerprint density at radius 3 is 2.53 bits per heavy atom. The number of fused-ring (bicyclic) bond motifs is 7. The molecule has 6 fully saturated rings. The van der Waals surface area contributed by atoms with E-state index in [0.717, 1.165) is 56.9 Å². The van der Waals surface area contributed by atoms with E-state index in [1.54, 1.807) is 17.8 Å². The molecule has 1 aliphatic heterocycles. The van der Waals surface area contributed by atoms with Crippen LogP contribution in [0.15, 0.2) is 34.1 Å². The van der Waals surface area contributed by atoms with E-state index in [9.17, 15) is 24.3 Å². The Balaban J connectivity index is 0.970. The van der Waals surface area contributed by atoms with Gasteiger partial charge in [-0.25, -0.2) is 9.48 Å². The number of carboxylic acids is 1. The fourth-order valence-corrected chi connectivity index (χ4v) is 14.7. The molecular weight excluding hydrogens is 767 g/mol. The van der Waals surface area contributed by atoms with Crippen LogP contribution in [0.1, 0.15) is 142 Å². The number of esters is 1. The zero-order valence-corrected chi connectivity index (χ0v) is 36.5. The monoisotopic (exact) mass is 833 g/mol. The molecule has 5 saturated carbocycles. The van der Waals surface area contributed by atoms with Crippen molar-refractivity contribution in [2.75, 3.05) is 13.2 Å². The fraction of sp³-hybridized carbons (Fsp3) is 0.783. The van der Waals surface area contributed by atoms with E-state index in [-0.39, 0.29) is 59.8 Å². The number of hydrogen-bond donors (Lipinski definition) is 3. The van der Waals surface area contributed by atoms with Crippen LogP contribution in [-0.2, 0) is 30.4 Å². The summed E-state index contributed by atoms with van der Waals surface area (Å²) in [6.07, 6.45) is 13.3. The van der Waals surface area contributed by atoms with Gasteiger partial charge in [0.1, 0.15) is 24.6 Å². The second kappa shape index (κ2) is 15.9. The molecule has 330 valence electrons. The molecule has 3 N–H and O–H groups in total. The van der Waals surface area contributed by atoms with E-state index in [0.29, 0.717) is 54.4 Å². The average molecular weight is 834 g/mol. The first-order valence-corrected chi connectivity index (χ1v) is 22.6. The maximum Gasteiger partial charge on any atom is 0.330 e. The van der Waals surface area contributed by atoms with E-state index >= 15 is 0 Å². The number of ether oxygens (including phenoxy) is 3. The minimum atomic E-state index is -0.769. The summed E-state index contributed by atoms with van der Waals surface area (Å²) in [5.74, 6) is 1.46. The topological polar surface area (TPSA) is 188 Å². The van der Waals surface area contributed by atoms with E-state index in [2.05, 4.69) is 56.5 Å². The van der Waals surface area contributed by atoms with Gasteiger partial charge in [-0.1, -0.05) is 45.1 Å². The van der Waals surface area contributed by atoms with Gasteiger partial charge in [0.05, 0.1) is 30.4 Å². The quantitative estimate of drug-likeness (QED) is 0.120. The van der Waals surface area contributed by atoms with Gasteiger partial charge < -0.3 is 24.4 Å². The number of rotatable bonds is 12. The normalized spacial score (nSPS) is 40.9. The van der Waals surface area contributed by atoms with Gasteiger partial charge in [-0.3, -0.25) is 23.9 Å². The number of aromatic amines is 1. The molecule has 3 heterocycles. The summed E-state index contributed by atoms with van der Waals surface area (Å²) in [5.41, 5.74) is 0.806. The largest absolute Gasteiger partial charge is 0.481 e. The fourth-order valence-electron chi connectivity index (χ4n) is 14.7. The zero-order valence-electron chi connectivity index (χ0n) is 36.5. The number of hydrogen-bond acceptors (Lipinski definition) is 10. The average Bonchev–Trinajstić information content (AvgIpc) is 3.96. The first kappa shape index (κ1) is 43.0. The summed E-state index contributed by atoms with van der Waals surface area (Å²) < 4.78 is 21.6. The number of H-pyrrole nitrogens is 1. The number of nitrogens with zero attached hydrogens (tertiary/aromatic N) is 4. The summed E-state index contributed by atoms with van der Waals surface area (Å²) in [7, 11) is 0. The SMILES string of the molecule is C=C(C)[C@@H]1CC[C@]2(C(=O)OCc3cn([C@H]4C[C@H](n5cc(C)c(=O)[nH]c5=O)O[C@@H]4CO)nn3)CC[C@]3(C)[C@H](CC[C@@H]4[C@@]5(C)CC[C@H](OCCCC(=O)O)[C@H](C)[C@@H]5CC[C@]43C)[C@@H]12. The summed E-state index contributed by atoms with van der Waals surface area (Å²) in [6, 6.07) is -0.433. The molecule has 6 aliphatic rings. The maximum atomic E-state index is 14.7.